The van der Waals surface area contributed by atoms with Gasteiger partial charge in [-0.2, -0.15) is 10.4 Å². The number of carbonyl (C=O) groups excluding carboxylic acids is 1. The molecule has 2 aromatic heterocycles. The maximum atomic E-state index is 12.2. The molecule has 0 aliphatic heterocycles. The van der Waals surface area contributed by atoms with Crippen LogP contribution in [-0.2, 0) is 23.8 Å². The summed E-state index contributed by atoms with van der Waals surface area (Å²) in [5, 5.41) is 16.2. The van der Waals surface area contributed by atoms with Crippen molar-refractivity contribution in [3.63, 3.8) is 0 Å². The van der Waals surface area contributed by atoms with Crippen LogP contribution in [0.3, 0.4) is 0 Å². The zero-order valence-corrected chi connectivity index (χ0v) is 14.5. The van der Waals surface area contributed by atoms with Gasteiger partial charge in [0.25, 0.3) is 5.56 Å². The average molecular weight is 327 g/mol. The van der Waals surface area contributed by atoms with Crippen molar-refractivity contribution in [1.29, 1.82) is 5.26 Å². The number of rotatable bonds is 3. The number of nitriles is 1. The Morgan fingerprint density at radius 1 is 1.42 bits per heavy atom. The highest BCUT2D eigenvalue weighted by Crippen LogP contribution is 2.23. The van der Waals surface area contributed by atoms with Crippen LogP contribution >= 0.6 is 0 Å². The quantitative estimate of drug-likeness (QED) is 0.928. The molecule has 0 fully saturated rings. The van der Waals surface area contributed by atoms with Crippen molar-refractivity contribution in [3.8, 4) is 6.07 Å². The molecule has 1 amide bonds. The zero-order chi connectivity index (χ0) is 18.1. The Morgan fingerprint density at radius 3 is 2.62 bits per heavy atom. The molecule has 2 aromatic rings. The first-order chi connectivity index (χ1) is 11.1. The van der Waals surface area contributed by atoms with Crippen molar-refractivity contribution in [2.24, 2.45) is 7.05 Å². The van der Waals surface area contributed by atoms with E-state index in [1.54, 1.807) is 24.7 Å². The molecule has 0 aromatic carbocycles. The van der Waals surface area contributed by atoms with Gasteiger partial charge in [0.2, 0.25) is 5.91 Å². The van der Waals surface area contributed by atoms with Gasteiger partial charge in [0, 0.05) is 24.7 Å². The monoisotopic (exact) mass is 327 g/mol. The fourth-order valence-corrected chi connectivity index (χ4v) is 2.21. The molecule has 0 radical (unpaired) electrons. The molecule has 2 rings (SSSR count). The van der Waals surface area contributed by atoms with Gasteiger partial charge in [0.15, 0.2) is 0 Å². The van der Waals surface area contributed by atoms with E-state index in [1.807, 2.05) is 32.9 Å². The van der Waals surface area contributed by atoms with E-state index in [9.17, 15) is 9.59 Å². The lowest BCUT2D eigenvalue weighted by Crippen LogP contribution is -2.29. The van der Waals surface area contributed by atoms with Crippen LogP contribution < -0.4 is 10.9 Å². The minimum absolute atomic E-state index is 0.0563. The first-order valence-electron chi connectivity index (χ1n) is 7.58. The smallest absolute Gasteiger partial charge is 0.269 e. The molecule has 126 valence electrons. The molecule has 0 unspecified atom stereocenters. The van der Waals surface area contributed by atoms with Crippen LogP contribution in [-0.4, -0.2) is 20.3 Å². The van der Waals surface area contributed by atoms with Gasteiger partial charge in [-0.3, -0.25) is 14.3 Å². The summed E-state index contributed by atoms with van der Waals surface area (Å²) >= 11 is 0. The first kappa shape index (κ1) is 17.5. The molecular formula is C17H21N5O2. The third kappa shape index (κ3) is 3.54. The summed E-state index contributed by atoms with van der Waals surface area (Å²) in [6.45, 7) is 7.64. The normalized spacial score (nSPS) is 11.2. The topological polar surface area (TPSA) is 92.7 Å². The van der Waals surface area contributed by atoms with Gasteiger partial charge >= 0.3 is 0 Å². The molecule has 7 nitrogen and oxygen atoms in total. The van der Waals surface area contributed by atoms with E-state index >= 15 is 0 Å². The minimum Gasteiger partial charge on any atom is -0.309 e. The second-order valence-electron chi connectivity index (χ2n) is 6.76. The van der Waals surface area contributed by atoms with Crippen LogP contribution in [0.25, 0.3) is 0 Å². The van der Waals surface area contributed by atoms with Gasteiger partial charge in [-0.15, -0.1) is 0 Å². The number of pyridine rings is 1. The SMILES string of the molecule is Cc1ccn(CC(=O)Nc2cc(C(C)(C)C)nn2C)c(=O)c1C#N. The van der Waals surface area contributed by atoms with E-state index in [4.69, 9.17) is 5.26 Å². The molecule has 0 aliphatic carbocycles. The summed E-state index contributed by atoms with van der Waals surface area (Å²) in [5.74, 6) is 0.207. The Kier molecular flexibility index (Phi) is 4.60. The lowest BCUT2D eigenvalue weighted by Gasteiger charge is -2.13. The highest BCUT2D eigenvalue weighted by molar-refractivity contribution is 5.89. The van der Waals surface area contributed by atoms with Crippen LogP contribution in [0.1, 0.15) is 37.6 Å². The number of carbonyl (C=O) groups is 1. The molecule has 0 bridgehead atoms. The lowest BCUT2D eigenvalue weighted by atomic mass is 9.92. The van der Waals surface area contributed by atoms with E-state index in [2.05, 4.69) is 10.4 Å². The maximum absolute atomic E-state index is 12.2. The Labute approximate surface area is 140 Å². The Bertz CT molecular complexity index is 878. The van der Waals surface area contributed by atoms with E-state index in [1.165, 1.54) is 10.8 Å². The Morgan fingerprint density at radius 2 is 2.08 bits per heavy atom. The second-order valence-corrected chi connectivity index (χ2v) is 6.76. The fourth-order valence-electron chi connectivity index (χ4n) is 2.21. The molecule has 0 saturated heterocycles. The first-order valence-corrected chi connectivity index (χ1v) is 7.58. The van der Waals surface area contributed by atoms with E-state index < -0.39 is 5.56 Å². The van der Waals surface area contributed by atoms with Gasteiger partial charge in [0.05, 0.1) is 5.69 Å². The number of anilines is 1. The van der Waals surface area contributed by atoms with Gasteiger partial charge < -0.3 is 9.88 Å². The highest BCUT2D eigenvalue weighted by Gasteiger charge is 2.20. The zero-order valence-electron chi connectivity index (χ0n) is 14.5. The molecule has 1 N–H and O–H groups in total. The molecule has 7 heteroatoms. The number of hydrogen-bond donors (Lipinski definition) is 1. The molecule has 0 spiro atoms. The van der Waals surface area contributed by atoms with Crippen molar-refractivity contribution >= 4 is 11.7 Å². The summed E-state index contributed by atoms with van der Waals surface area (Å²) in [6.07, 6.45) is 1.52. The van der Waals surface area contributed by atoms with Crippen LogP contribution in [0.5, 0.6) is 0 Å². The van der Waals surface area contributed by atoms with E-state index in [0.29, 0.717) is 11.4 Å². The van der Waals surface area contributed by atoms with E-state index in [-0.39, 0.29) is 23.4 Å². The fraction of sp³-hybridized carbons (Fsp3) is 0.412. The minimum atomic E-state index is -0.465. The second kappa shape index (κ2) is 6.32. The summed E-state index contributed by atoms with van der Waals surface area (Å²) in [7, 11) is 1.75. The number of hydrogen-bond acceptors (Lipinski definition) is 4. The maximum Gasteiger partial charge on any atom is 0.269 e. The summed E-state index contributed by atoms with van der Waals surface area (Å²) in [6, 6.07) is 5.34. The van der Waals surface area contributed by atoms with Crippen molar-refractivity contribution in [2.45, 2.75) is 39.7 Å². The van der Waals surface area contributed by atoms with Crippen molar-refractivity contribution in [3.05, 3.63) is 45.5 Å². The lowest BCUT2D eigenvalue weighted by molar-refractivity contribution is -0.116. The van der Waals surface area contributed by atoms with Gasteiger partial charge in [-0.1, -0.05) is 20.8 Å². The van der Waals surface area contributed by atoms with Crippen LogP contribution in [0.15, 0.2) is 23.1 Å². The van der Waals surface area contributed by atoms with Crippen molar-refractivity contribution in [1.82, 2.24) is 14.3 Å². The van der Waals surface area contributed by atoms with Crippen LogP contribution in [0, 0.1) is 18.3 Å². The standard InChI is InChI=1S/C17H21N5O2/c1-11-6-7-22(16(24)12(11)9-18)10-15(23)19-14-8-13(17(2,3)4)20-21(14)5/h6-8H,10H2,1-5H3,(H,19,23). The van der Waals surface area contributed by atoms with Crippen LogP contribution in [0.2, 0.25) is 0 Å². The van der Waals surface area contributed by atoms with E-state index in [0.717, 1.165) is 5.69 Å². The van der Waals surface area contributed by atoms with Gasteiger partial charge in [-0.05, 0) is 18.6 Å². The largest absolute Gasteiger partial charge is 0.309 e. The number of aromatic nitrogens is 3. The molecule has 0 atom stereocenters. The highest BCUT2D eigenvalue weighted by atomic mass is 16.2. The molecule has 24 heavy (non-hydrogen) atoms. The Balaban J connectivity index is 2.20. The third-order valence-corrected chi connectivity index (χ3v) is 3.72. The predicted molar refractivity (Wildman–Crippen MR) is 90.7 cm³/mol. The number of nitrogens with one attached hydrogen (secondary N) is 1. The summed E-state index contributed by atoms with van der Waals surface area (Å²) < 4.78 is 2.82. The van der Waals surface area contributed by atoms with Crippen molar-refractivity contribution < 1.29 is 4.79 Å². The molecule has 0 saturated carbocycles. The predicted octanol–water partition coefficient (Wildman–Crippen LogP) is 1.70. The number of aryl methyl sites for hydroxylation is 2. The average Bonchev–Trinajstić information content (AvgIpc) is 2.84. The third-order valence-electron chi connectivity index (χ3n) is 3.72. The van der Waals surface area contributed by atoms with Crippen LogP contribution in [0.4, 0.5) is 5.82 Å². The molecule has 0 aliphatic rings. The molecule has 2 heterocycles. The Hall–Kier alpha value is -2.88. The van der Waals surface area contributed by atoms with Gasteiger partial charge in [0.1, 0.15) is 24.0 Å². The summed E-state index contributed by atoms with van der Waals surface area (Å²) in [4.78, 5) is 24.4. The van der Waals surface area contributed by atoms with Crippen molar-refractivity contribution in [2.75, 3.05) is 5.32 Å². The molecular weight excluding hydrogens is 306 g/mol. The summed E-state index contributed by atoms with van der Waals surface area (Å²) in [5.41, 5.74) is 0.921. The van der Waals surface area contributed by atoms with Gasteiger partial charge in [-0.25, -0.2) is 0 Å². The number of nitrogens with zero attached hydrogens (tertiary/aromatic N) is 4. The number of amides is 1.